The number of nitrogens with zero attached hydrogens (tertiary/aromatic N) is 1. The van der Waals surface area contributed by atoms with Crippen molar-refractivity contribution in [3.05, 3.63) is 63.6 Å². The van der Waals surface area contributed by atoms with E-state index >= 15 is 0 Å². The van der Waals surface area contributed by atoms with Gasteiger partial charge in [0.15, 0.2) is 0 Å². The molecule has 1 heterocycles. The molecule has 0 saturated carbocycles. The maximum Gasteiger partial charge on any atom is 0.253 e. The van der Waals surface area contributed by atoms with Gasteiger partial charge in [-0.25, -0.2) is 12.7 Å². The Morgan fingerprint density at radius 3 is 2.54 bits per heavy atom. The maximum absolute atomic E-state index is 13.1. The molecule has 0 bridgehead atoms. The first kappa shape index (κ1) is 27.4. The fraction of sp³-hybridized carbons (Fsp3) is 0.417. The van der Waals surface area contributed by atoms with Crippen molar-refractivity contribution in [3.8, 4) is 0 Å². The minimum absolute atomic E-state index is 0.0433. The number of rotatable bonds is 10. The average molecular weight is 542 g/mol. The normalized spacial score (nSPS) is 16.6. The summed E-state index contributed by atoms with van der Waals surface area (Å²) < 4.78 is 32.5. The molecule has 0 aliphatic carbocycles. The Morgan fingerprint density at radius 1 is 1.11 bits per heavy atom. The first-order valence-corrected chi connectivity index (χ1v) is 13.7. The molecule has 8 nitrogen and oxygen atoms in total. The number of para-hydroxylation sites is 1. The summed E-state index contributed by atoms with van der Waals surface area (Å²) >= 11 is 12.3. The van der Waals surface area contributed by atoms with E-state index in [0.717, 1.165) is 0 Å². The number of nitrogens with one attached hydrogen (secondary N) is 2. The highest BCUT2D eigenvalue weighted by atomic mass is 35.5. The summed E-state index contributed by atoms with van der Waals surface area (Å²) in [5.74, 6) is -1.54. The molecule has 2 amide bonds. The quantitative estimate of drug-likeness (QED) is 0.443. The van der Waals surface area contributed by atoms with Crippen LogP contribution in [0.3, 0.4) is 0 Å². The number of sulfonamides is 1. The Balaban J connectivity index is 1.67. The summed E-state index contributed by atoms with van der Waals surface area (Å²) in [5, 5.41) is 6.19. The number of halogens is 2. The second-order valence-electron chi connectivity index (χ2n) is 8.29. The zero-order valence-electron chi connectivity index (χ0n) is 19.4. The molecule has 35 heavy (non-hydrogen) atoms. The summed E-state index contributed by atoms with van der Waals surface area (Å²) in [6.45, 7) is 1.33. The van der Waals surface area contributed by atoms with Crippen LogP contribution in [0, 0.1) is 5.92 Å². The van der Waals surface area contributed by atoms with Crippen LogP contribution in [0.15, 0.2) is 42.5 Å². The van der Waals surface area contributed by atoms with Crippen LogP contribution in [0.25, 0.3) is 0 Å². The highest BCUT2D eigenvalue weighted by Crippen LogP contribution is 2.29. The Morgan fingerprint density at radius 2 is 1.83 bits per heavy atom. The smallest absolute Gasteiger partial charge is 0.253 e. The molecule has 0 unspecified atom stereocenters. The Kier molecular flexibility index (Phi) is 9.94. The molecule has 2 N–H and O–H groups in total. The minimum Gasteiger partial charge on any atom is -0.385 e. The summed E-state index contributed by atoms with van der Waals surface area (Å²) in [6.07, 6.45) is 1.74. The fourth-order valence-corrected chi connectivity index (χ4v) is 6.25. The van der Waals surface area contributed by atoms with Gasteiger partial charge in [-0.3, -0.25) is 9.59 Å². The van der Waals surface area contributed by atoms with E-state index in [2.05, 4.69) is 10.6 Å². The van der Waals surface area contributed by atoms with E-state index < -0.39 is 15.9 Å². The summed E-state index contributed by atoms with van der Waals surface area (Å²) in [4.78, 5) is 25.6. The molecule has 2 aromatic carbocycles. The van der Waals surface area contributed by atoms with Crippen LogP contribution in [0.2, 0.25) is 10.0 Å². The second kappa shape index (κ2) is 12.7. The first-order chi connectivity index (χ1) is 16.7. The number of methoxy groups -OCH3 is 1. The van der Waals surface area contributed by atoms with Gasteiger partial charge >= 0.3 is 0 Å². The SMILES string of the molecule is COCCCNC(=O)c1ccccc1NC(=O)[C@H]1CCCN(S(=O)(=O)Cc2c(Cl)cccc2Cl)C1. The fourth-order valence-electron chi connectivity index (χ4n) is 3.89. The molecule has 1 saturated heterocycles. The van der Waals surface area contributed by atoms with Crippen molar-refractivity contribution < 1.29 is 22.7 Å². The van der Waals surface area contributed by atoms with Crippen molar-refractivity contribution in [1.82, 2.24) is 9.62 Å². The van der Waals surface area contributed by atoms with Crippen LogP contribution >= 0.6 is 23.2 Å². The molecule has 190 valence electrons. The number of hydrogen-bond acceptors (Lipinski definition) is 5. The van der Waals surface area contributed by atoms with Gasteiger partial charge in [-0.05, 0) is 43.5 Å². The Bertz CT molecular complexity index is 1140. The molecule has 11 heteroatoms. The van der Waals surface area contributed by atoms with E-state index in [1.165, 1.54) is 4.31 Å². The van der Waals surface area contributed by atoms with E-state index in [0.29, 0.717) is 55.8 Å². The molecule has 1 aliphatic heterocycles. The average Bonchev–Trinajstić information content (AvgIpc) is 2.84. The number of anilines is 1. The standard InChI is InChI=1S/C24H29Cl2N3O5S/c1-34-14-6-12-27-24(31)18-8-2-3-11-22(18)28-23(30)17-7-5-13-29(15-17)35(32,33)16-19-20(25)9-4-10-21(19)26/h2-4,8-11,17H,5-7,12-16H2,1H3,(H,27,31)(H,28,30)/t17-/m0/s1. The van der Waals surface area contributed by atoms with Gasteiger partial charge in [0, 0.05) is 49.0 Å². The number of ether oxygens (including phenoxy) is 1. The molecule has 0 spiro atoms. The molecule has 0 radical (unpaired) electrons. The minimum atomic E-state index is -3.75. The zero-order valence-corrected chi connectivity index (χ0v) is 21.8. The van der Waals surface area contributed by atoms with Gasteiger partial charge in [0.25, 0.3) is 5.91 Å². The van der Waals surface area contributed by atoms with E-state index in [-0.39, 0.29) is 34.2 Å². The van der Waals surface area contributed by atoms with Gasteiger partial charge in [0.2, 0.25) is 15.9 Å². The van der Waals surface area contributed by atoms with Crippen LogP contribution < -0.4 is 10.6 Å². The molecule has 1 atom stereocenters. The second-order valence-corrected chi connectivity index (χ2v) is 11.1. The third-order valence-corrected chi connectivity index (χ3v) is 8.26. The summed E-state index contributed by atoms with van der Waals surface area (Å²) in [6, 6.07) is 11.6. The number of piperidine rings is 1. The van der Waals surface area contributed by atoms with Crippen molar-refractivity contribution in [2.75, 3.05) is 38.7 Å². The van der Waals surface area contributed by atoms with Gasteiger partial charge in [-0.2, -0.15) is 0 Å². The van der Waals surface area contributed by atoms with Crippen molar-refractivity contribution in [3.63, 3.8) is 0 Å². The number of benzene rings is 2. The van der Waals surface area contributed by atoms with Crippen molar-refractivity contribution >= 4 is 50.7 Å². The largest absolute Gasteiger partial charge is 0.385 e. The maximum atomic E-state index is 13.1. The summed E-state index contributed by atoms with van der Waals surface area (Å²) in [5.41, 5.74) is 1.06. The van der Waals surface area contributed by atoms with Gasteiger partial charge in [0.05, 0.1) is 22.9 Å². The number of carbonyl (C=O) groups is 2. The summed E-state index contributed by atoms with van der Waals surface area (Å²) in [7, 11) is -2.15. The molecule has 1 aliphatic rings. The van der Waals surface area contributed by atoms with Gasteiger partial charge in [0.1, 0.15) is 0 Å². The monoisotopic (exact) mass is 541 g/mol. The van der Waals surface area contributed by atoms with Crippen molar-refractivity contribution in [1.29, 1.82) is 0 Å². The Labute approximate surface area is 216 Å². The Hall–Kier alpha value is -2.17. The van der Waals surface area contributed by atoms with Crippen LogP contribution in [-0.4, -0.2) is 57.9 Å². The van der Waals surface area contributed by atoms with E-state index in [9.17, 15) is 18.0 Å². The molecular formula is C24H29Cl2N3O5S. The van der Waals surface area contributed by atoms with Crippen LogP contribution in [0.1, 0.15) is 35.2 Å². The topological polar surface area (TPSA) is 105 Å². The van der Waals surface area contributed by atoms with Crippen molar-refractivity contribution in [2.45, 2.75) is 25.0 Å². The lowest BCUT2D eigenvalue weighted by atomic mass is 9.98. The lowest BCUT2D eigenvalue weighted by Crippen LogP contribution is -2.44. The molecular weight excluding hydrogens is 513 g/mol. The van der Waals surface area contributed by atoms with E-state index in [4.69, 9.17) is 27.9 Å². The predicted octanol–water partition coefficient (Wildman–Crippen LogP) is 3.94. The number of amides is 2. The lowest BCUT2D eigenvalue weighted by Gasteiger charge is -2.31. The lowest BCUT2D eigenvalue weighted by molar-refractivity contribution is -0.120. The van der Waals surface area contributed by atoms with Crippen molar-refractivity contribution in [2.24, 2.45) is 5.92 Å². The molecule has 0 aromatic heterocycles. The van der Waals surface area contributed by atoms with Crippen LogP contribution in [-0.2, 0) is 25.3 Å². The highest BCUT2D eigenvalue weighted by Gasteiger charge is 2.33. The number of hydrogen-bond donors (Lipinski definition) is 2. The van der Waals surface area contributed by atoms with E-state index in [1.807, 2.05) is 0 Å². The van der Waals surface area contributed by atoms with Gasteiger partial charge in [-0.15, -0.1) is 0 Å². The molecule has 3 rings (SSSR count). The van der Waals surface area contributed by atoms with Gasteiger partial charge in [-0.1, -0.05) is 41.4 Å². The predicted molar refractivity (Wildman–Crippen MR) is 137 cm³/mol. The molecule has 1 fully saturated rings. The number of carbonyl (C=O) groups excluding carboxylic acids is 2. The highest BCUT2D eigenvalue weighted by molar-refractivity contribution is 7.88. The zero-order chi connectivity index (χ0) is 25.4. The third-order valence-electron chi connectivity index (χ3n) is 5.78. The van der Waals surface area contributed by atoms with Crippen LogP contribution in [0.4, 0.5) is 5.69 Å². The third kappa shape index (κ3) is 7.41. The first-order valence-electron chi connectivity index (χ1n) is 11.3. The van der Waals surface area contributed by atoms with Gasteiger partial charge < -0.3 is 15.4 Å². The van der Waals surface area contributed by atoms with E-state index in [1.54, 1.807) is 49.6 Å². The van der Waals surface area contributed by atoms with Crippen LogP contribution in [0.5, 0.6) is 0 Å². The molecule has 2 aromatic rings.